The first-order chi connectivity index (χ1) is 12.9. The highest BCUT2D eigenvalue weighted by Crippen LogP contribution is 2.31. The lowest BCUT2D eigenvalue weighted by Gasteiger charge is -2.15. The molecule has 0 atom stereocenters. The van der Waals surface area contributed by atoms with Crippen LogP contribution in [0.2, 0.25) is 0 Å². The highest BCUT2D eigenvalue weighted by atomic mass is 15.1. The maximum atomic E-state index is 7.58. The van der Waals surface area contributed by atoms with E-state index in [0.29, 0.717) is 5.56 Å². The van der Waals surface area contributed by atoms with Crippen molar-refractivity contribution in [3.8, 4) is 17.1 Å². The third-order valence-corrected chi connectivity index (χ3v) is 4.37. The number of para-hydroxylation sites is 3. The van der Waals surface area contributed by atoms with E-state index in [2.05, 4.69) is 42.7 Å². The monoisotopic (exact) mass is 315 g/mol. The number of imidazole rings is 1. The molecule has 0 aliphatic heterocycles. The zero-order valence-electron chi connectivity index (χ0n) is 16.7. The van der Waals surface area contributed by atoms with Crippen LogP contribution in [0.15, 0.2) is 66.7 Å². The number of aryl methyl sites for hydroxylation is 3. The Labute approximate surface area is 146 Å². The molecule has 2 nitrogen and oxygen atoms in total. The van der Waals surface area contributed by atoms with Crippen LogP contribution in [0.25, 0.3) is 28.1 Å². The minimum atomic E-state index is -2.11. The molecule has 4 rings (SSSR count). The standard InChI is InChI=1S/C22H20N2/c1-15-11-13-18(14-12-15)22-23-19-9-4-5-10-20(19)24(22)21-16(2)7-6-8-17(21)3/h4-14H,1-3H3/i1D3. The Morgan fingerprint density at radius 3 is 2.25 bits per heavy atom. The van der Waals surface area contributed by atoms with Gasteiger partial charge in [0.2, 0.25) is 0 Å². The first kappa shape index (κ1) is 11.6. The summed E-state index contributed by atoms with van der Waals surface area (Å²) >= 11 is 0. The van der Waals surface area contributed by atoms with Crippen LogP contribution in [0, 0.1) is 20.7 Å². The molecule has 0 N–H and O–H groups in total. The molecule has 0 saturated carbocycles. The first-order valence-electron chi connectivity index (χ1n) is 9.51. The minimum Gasteiger partial charge on any atom is -0.292 e. The summed E-state index contributed by atoms with van der Waals surface area (Å²) in [5, 5.41) is 0. The molecule has 1 aromatic heterocycles. The van der Waals surface area contributed by atoms with Gasteiger partial charge < -0.3 is 0 Å². The number of hydrogen-bond acceptors (Lipinski definition) is 1. The summed E-state index contributed by atoms with van der Waals surface area (Å²) in [7, 11) is 0. The Morgan fingerprint density at radius 2 is 1.54 bits per heavy atom. The SMILES string of the molecule is [2H]C([2H])([2H])c1ccc(-c2nc3ccccc3n2-c2c(C)cccc2C)cc1. The number of nitrogens with zero attached hydrogens (tertiary/aromatic N) is 2. The van der Waals surface area contributed by atoms with E-state index in [1.807, 2.05) is 30.3 Å². The van der Waals surface area contributed by atoms with E-state index in [0.717, 1.165) is 28.1 Å². The second-order valence-electron chi connectivity index (χ2n) is 6.08. The van der Waals surface area contributed by atoms with E-state index in [1.54, 1.807) is 12.1 Å². The van der Waals surface area contributed by atoms with Crippen LogP contribution in [-0.4, -0.2) is 9.55 Å². The van der Waals surface area contributed by atoms with Gasteiger partial charge in [0.1, 0.15) is 5.82 Å². The molecule has 1 heterocycles. The number of benzene rings is 3. The maximum absolute atomic E-state index is 7.58. The van der Waals surface area contributed by atoms with Gasteiger partial charge in [0.25, 0.3) is 0 Å². The van der Waals surface area contributed by atoms with Gasteiger partial charge in [-0.15, -0.1) is 0 Å². The lowest BCUT2D eigenvalue weighted by Crippen LogP contribution is -2.02. The molecule has 0 aliphatic carbocycles. The molecular formula is C22H20N2. The number of fused-ring (bicyclic) bond motifs is 1. The van der Waals surface area contributed by atoms with Gasteiger partial charge >= 0.3 is 0 Å². The molecule has 0 radical (unpaired) electrons. The predicted octanol–water partition coefficient (Wildman–Crippen LogP) is 5.62. The second kappa shape index (κ2) is 5.64. The van der Waals surface area contributed by atoms with E-state index in [-0.39, 0.29) is 0 Å². The molecule has 4 aromatic rings. The Morgan fingerprint density at radius 1 is 0.833 bits per heavy atom. The molecule has 2 heteroatoms. The molecule has 0 aliphatic rings. The van der Waals surface area contributed by atoms with Crippen molar-refractivity contribution in [2.24, 2.45) is 0 Å². The average Bonchev–Trinajstić information content (AvgIpc) is 3.00. The van der Waals surface area contributed by atoms with E-state index >= 15 is 0 Å². The molecule has 118 valence electrons. The van der Waals surface area contributed by atoms with Gasteiger partial charge in [-0.05, 0) is 44.0 Å². The van der Waals surface area contributed by atoms with Crippen molar-refractivity contribution >= 4 is 11.0 Å². The maximum Gasteiger partial charge on any atom is 0.145 e. The number of hydrogen-bond donors (Lipinski definition) is 0. The molecule has 0 spiro atoms. The van der Waals surface area contributed by atoms with E-state index in [1.165, 1.54) is 11.1 Å². The molecular weight excluding hydrogens is 292 g/mol. The topological polar surface area (TPSA) is 17.8 Å². The summed E-state index contributed by atoms with van der Waals surface area (Å²) in [6.45, 7) is 2.09. The summed E-state index contributed by atoms with van der Waals surface area (Å²) in [5.41, 5.74) is 6.61. The summed E-state index contributed by atoms with van der Waals surface area (Å²) in [6, 6.07) is 21.3. The average molecular weight is 315 g/mol. The summed E-state index contributed by atoms with van der Waals surface area (Å²) < 4.78 is 24.9. The highest BCUT2D eigenvalue weighted by Gasteiger charge is 2.16. The smallest absolute Gasteiger partial charge is 0.145 e. The van der Waals surface area contributed by atoms with Crippen LogP contribution in [0.5, 0.6) is 0 Å². The summed E-state index contributed by atoms with van der Waals surface area (Å²) in [4.78, 5) is 4.86. The molecule has 0 fully saturated rings. The Balaban J connectivity index is 1.99. The number of rotatable bonds is 2. The van der Waals surface area contributed by atoms with Gasteiger partial charge in [-0.25, -0.2) is 4.98 Å². The van der Waals surface area contributed by atoms with E-state index < -0.39 is 6.85 Å². The van der Waals surface area contributed by atoms with Crippen molar-refractivity contribution in [3.05, 3.63) is 83.4 Å². The third-order valence-electron chi connectivity index (χ3n) is 4.37. The van der Waals surface area contributed by atoms with Crippen LogP contribution in [0.3, 0.4) is 0 Å². The van der Waals surface area contributed by atoms with E-state index in [4.69, 9.17) is 9.10 Å². The van der Waals surface area contributed by atoms with Crippen molar-refractivity contribution in [3.63, 3.8) is 0 Å². The van der Waals surface area contributed by atoms with Crippen molar-refractivity contribution in [2.45, 2.75) is 20.7 Å². The normalized spacial score (nSPS) is 13.5. The van der Waals surface area contributed by atoms with Crippen molar-refractivity contribution < 1.29 is 4.11 Å². The fourth-order valence-electron chi connectivity index (χ4n) is 3.22. The molecule has 0 unspecified atom stereocenters. The molecule has 3 aromatic carbocycles. The van der Waals surface area contributed by atoms with Crippen LogP contribution in [0.1, 0.15) is 20.8 Å². The molecule has 0 bridgehead atoms. The summed E-state index contributed by atoms with van der Waals surface area (Å²) in [5.74, 6) is 0.811. The van der Waals surface area contributed by atoms with Crippen molar-refractivity contribution in [1.82, 2.24) is 9.55 Å². The van der Waals surface area contributed by atoms with Gasteiger partial charge in [0.15, 0.2) is 0 Å². The fourth-order valence-corrected chi connectivity index (χ4v) is 3.22. The largest absolute Gasteiger partial charge is 0.292 e. The summed E-state index contributed by atoms with van der Waals surface area (Å²) in [6.07, 6.45) is 0. The zero-order valence-corrected chi connectivity index (χ0v) is 13.7. The zero-order chi connectivity index (χ0) is 19.2. The Kier molecular flexibility index (Phi) is 2.74. The Hall–Kier alpha value is -2.87. The van der Waals surface area contributed by atoms with Gasteiger partial charge in [0, 0.05) is 9.68 Å². The second-order valence-corrected chi connectivity index (χ2v) is 6.08. The van der Waals surface area contributed by atoms with Crippen molar-refractivity contribution in [2.75, 3.05) is 0 Å². The lowest BCUT2D eigenvalue weighted by molar-refractivity contribution is 1.06. The first-order valence-corrected chi connectivity index (χ1v) is 8.01. The van der Waals surface area contributed by atoms with Gasteiger partial charge in [0.05, 0.1) is 16.7 Å². The quantitative estimate of drug-likeness (QED) is 0.469. The van der Waals surface area contributed by atoms with Gasteiger partial charge in [-0.1, -0.05) is 60.2 Å². The molecule has 0 amide bonds. The predicted molar refractivity (Wildman–Crippen MR) is 101 cm³/mol. The van der Waals surface area contributed by atoms with Gasteiger partial charge in [-0.2, -0.15) is 0 Å². The third kappa shape index (κ3) is 2.31. The minimum absolute atomic E-state index is 0.334. The van der Waals surface area contributed by atoms with Gasteiger partial charge in [-0.3, -0.25) is 4.57 Å². The highest BCUT2D eigenvalue weighted by molar-refractivity contribution is 5.84. The Bertz CT molecular complexity index is 1100. The number of aromatic nitrogens is 2. The fraction of sp³-hybridized carbons (Fsp3) is 0.136. The lowest BCUT2D eigenvalue weighted by atomic mass is 10.1. The van der Waals surface area contributed by atoms with Crippen LogP contribution in [-0.2, 0) is 0 Å². The van der Waals surface area contributed by atoms with Crippen molar-refractivity contribution in [1.29, 1.82) is 0 Å². The van der Waals surface area contributed by atoms with Crippen LogP contribution in [0.4, 0.5) is 0 Å². The molecule has 24 heavy (non-hydrogen) atoms. The van der Waals surface area contributed by atoms with E-state index in [9.17, 15) is 0 Å². The van der Waals surface area contributed by atoms with Crippen LogP contribution >= 0.6 is 0 Å². The van der Waals surface area contributed by atoms with Crippen LogP contribution < -0.4 is 0 Å². The molecule has 0 saturated heterocycles.